The first-order valence-corrected chi connectivity index (χ1v) is 6.98. The highest BCUT2D eigenvalue weighted by Crippen LogP contribution is 2.22. The number of hydrogen-bond donors (Lipinski definition) is 2. The zero-order valence-electron chi connectivity index (χ0n) is 12.2. The normalized spacial score (nSPS) is 10.6. The van der Waals surface area contributed by atoms with Crippen molar-refractivity contribution in [2.75, 3.05) is 17.2 Å². The summed E-state index contributed by atoms with van der Waals surface area (Å²) in [6.45, 7) is 7.52. The van der Waals surface area contributed by atoms with Gasteiger partial charge in [-0.2, -0.15) is 0 Å². The maximum absolute atomic E-state index is 5.19. The Morgan fingerprint density at radius 3 is 2.50 bits per heavy atom. The van der Waals surface area contributed by atoms with Gasteiger partial charge in [-0.05, 0) is 20.3 Å². The maximum atomic E-state index is 5.19. The van der Waals surface area contributed by atoms with Crippen molar-refractivity contribution >= 4 is 11.6 Å². The molecule has 6 heteroatoms. The summed E-state index contributed by atoms with van der Waals surface area (Å²) in [5.74, 6) is 2.56. The van der Waals surface area contributed by atoms with Gasteiger partial charge in [0.2, 0.25) is 0 Å². The van der Waals surface area contributed by atoms with Gasteiger partial charge in [0.25, 0.3) is 0 Å². The van der Waals surface area contributed by atoms with Gasteiger partial charge in [0.1, 0.15) is 18.0 Å². The van der Waals surface area contributed by atoms with Crippen LogP contribution in [0.4, 0.5) is 11.6 Å². The molecule has 0 aliphatic rings. The Hall–Kier alpha value is -2.11. The number of nitrogens with zero attached hydrogens (tertiary/aromatic N) is 3. The molecule has 108 valence electrons. The Morgan fingerprint density at radius 1 is 1.15 bits per heavy atom. The molecule has 0 aliphatic carbocycles. The first-order valence-electron chi connectivity index (χ1n) is 6.98. The molecular weight excluding hydrogens is 254 g/mol. The molecular formula is C14H21N5O. The van der Waals surface area contributed by atoms with E-state index in [1.165, 1.54) is 0 Å². The predicted octanol–water partition coefficient (Wildman–Crippen LogP) is 2.77. The van der Waals surface area contributed by atoms with E-state index in [4.69, 9.17) is 4.52 Å². The summed E-state index contributed by atoms with van der Waals surface area (Å²) in [5, 5.41) is 10.5. The number of aromatic nitrogens is 3. The fourth-order valence-electron chi connectivity index (χ4n) is 2.04. The first-order chi connectivity index (χ1) is 9.74. The molecule has 0 radical (unpaired) electrons. The number of rotatable bonds is 7. The second-order valence-corrected chi connectivity index (χ2v) is 4.62. The monoisotopic (exact) mass is 275 g/mol. The van der Waals surface area contributed by atoms with Gasteiger partial charge in [-0.25, -0.2) is 9.97 Å². The zero-order valence-corrected chi connectivity index (χ0v) is 12.2. The van der Waals surface area contributed by atoms with E-state index in [9.17, 15) is 0 Å². The van der Waals surface area contributed by atoms with Gasteiger partial charge in [0.15, 0.2) is 5.76 Å². The summed E-state index contributed by atoms with van der Waals surface area (Å²) in [7, 11) is 0. The molecule has 6 nitrogen and oxygen atoms in total. The minimum Gasteiger partial charge on any atom is -0.370 e. The summed E-state index contributed by atoms with van der Waals surface area (Å²) in [6, 6.07) is 1.92. The average Bonchev–Trinajstić information content (AvgIpc) is 2.85. The first kappa shape index (κ1) is 14.3. The van der Waals surface area contributed by atoms with Gasteiger partial charge in [-0.1, -0.05) is 18.5 Å². The summed E-state index contributed by atoms with van der Waals surface area (Å²) < 4.78 is 5.19. The van der Waals surface area contributed by atoms with E-state index in [0.717, 1.165) is 48.0 Å². The lowest BCUT2D eigenvalue weighted by atomic mass is 10.1. The lowest BCUT2D eigenvalue weighted by Gasteiger charge is -2.13. The van der Waals surface area contributed by atoms with E-state index in [0.29, 0.717) is 6.54 Å². The molecule has 0 saturated carbocycles. The van der Waals surface area contributed by atoms with Crippen LogP contribution in [0, 0.1) is 6.92 Å². The molecule has 0 aromatic carbocycles. The molecule has 2 rings (SSSR count). The van der Waals surface area contributed by atoms with E-state index in [1.807, 2.05) is 13.0 Å². The van der Waals surface area contributed by atoms with Crippen LogP contribution >= 0.6 is 0 Å². The molecule has 0 amide bonds. The third kappa shape index (κ3) is 3.46. The molecule has 0 atom stereocenters. The molecule has 2 aromatic rings. The van der Waals surface area contributed by atoms with Gasteiger partial charge in [-0.3, -0.25) is 0 Å². The highest BCUT2D eigenvalue weighted by molar-refractivity contribution is 5.57. The largest absolute Gasteiger partial charge is 0.370 e. The van der Waals surface area contributed by atoms with Gasteiger partial charge in [-0.15, -0.1) is 0 Å². The van der Waals surface area contributed by atoms with Gasteiger partial charge >= 0.3 is 0 Å². The average molecular weight is 275 g/mol. The minimum atomic E-state index is 0.570. The Morgan fingerprint density at radius 2 is 1.90 bits per heavy atom. The minimum absolute atomic E-state index is 0.570. The summed E-state index contributed by atoms with van der Waals surface area (Å²) in [5.41, 5.74) is 2.00. The molecule has 20 heavy (non-hydrogen) atoms. The lowest BCUT2D eigenvalue weighted by Crippen LogP contribution is -2.10. The maximum Gasteiger partial charge on any atom is 0.156 e. The van der Waals surface area contributed by atoms with Crippen molar-refractivity contribution in [2.24, 2.45) is 0 Å². The molecule has 0 saturated heterocycles. The second kappa shape index (κ2) is 6.88. The highest BCUT2D eigenvalue weighted by atomic mass is 16.5. The van der Waals surface area contributed by atoms with Crippen LogP contribution in [0.3, 0.4) is 0 Å². The van der Waals surface area contributed by atoms with Crippen LogP contribution in [0.2, 0.25) is 0 Å². The SMILES string of the molecule is CCCc1c(NCC)ncnc1NCc1cc(C)no1. The third-order valence-corrected chi connectivity index (χ3v) is 2.90. The summed E-state index contributed by atoms with van der Waals surface area (Å²) in [6.07, 6.45) is 3.55. The van der Waals surface area contributed by atoms with E-state index >= 15 is 0 Å². The Balaban J connectivity index is 2.14. The van der Waals surface area contributed by atoms with Crippen LogP contribution in [0.25, 0.3) is 0 Å². The summed E-state index contributed by atoms with van der Waals surface area (Å²) in [4.78, 5) is 8.65. The standard InChI is InChI=1S/C14H21N5O/c1-4-6-12-13(15-5-2)17-9-18-14(12)16-8-11-7-10(3)19-20-11/h7,9H,4-6,8H2,1-3H3,(H2,15,16,17,18). The van der Waals surface area contributed by atoms with E-state index in [1.54, 1.807) is 6.33 Å². The molecule has 0 aliphatic heterocycles. The third-order valence-electron chi connectivity index (χ3n) is 2.90. The van der Waals surface area contributed by atoms with E-state index in [-0.39, 0.29) is 0 Å². The van der Waals surface area contributed by atoms with Gasteiger partial charge in [0.05, 0.1) is 12.2 Å². The van der Waals surface area contributed by atoms with Crippen LogP contribution in [-0.4, -0.2) is 21.7 Å². The number of hydrogen-bond acceptors (Lipinski definition) is 6. The Labute approximate surface area is 119 Å². The molecule has 0 spiro atoms. The second-order valence-electron chi connectivity index (χ2n) is 4.62. The van der Waals surface area contributed by atoms with Crippen molar-refractivity contribution in [1.82, 2.24) is 15.1 Å². The van der Waals surface area contributed by atoms with Crippen molar-refractivity contribution in [3.63, 3.8) is 0 Å². The van der Waals surface area contributed by atoms with Crippen LogP contribution in [0.5, 0.6) is 0 Å². The molecule has 2 aromatic heterocycles. The zero-order chi connectivity index (χ0) is 14.4. The van der Waals surface area contributed by atoms with Crippen LogP contribution in [0.1, 0.15) is 37.3 Å². The number of anilines is 2. The fourth-order valence-corrected chi connectivity index (χ4v) is 2.04. The topological polar surface area (TPSA) is 75.9 Å². The smallest absolute Gasteiger partial charge is 0.156 e. The van der Waals surface area contributed by atoms with Crippen LogP contribution < -0.4 is 10.6 Å². The summed E-state index contributed by atoms with van der Waals surface area (Å²) >= 11 is 0. The Bertz CT molecular complexity index is 552. The highest BCUT2D eigenvalue weighted by Gasteiger charge is 2.10. The quantitative estimate of drug-likeness (QED) is 0.809. The van der Waals surface area contributed by atoms with Crippen molar-refractivity contribution in [3.05, 3.63) is 29.4 Å². The molecule has 2 heterocycles. The molecule has 0 bridgehead atoms. The van der Waals surface area contributed by atoms with Gasteiger partial charge in [0, 0.05) is 18.2 Å². The van der Waals surface area contributed by atoms with Crippen molar-refractivity contribution in [1.29, 1.82) is 0 Å². The Kier molecular flexibility index (Phi) is 4.92. The fraction of sp³-hybridized carbons (Fsp3) is 0.500. The molecule has 2 N–H and O–H groups in total. The molecule has 0 fully saturated rings. The van der Waals surface area contributed by atoms with Crippen molar-refractivity contribution < 1.29 is 4.52 Å². The molecule has 0 unspecified atom stereocenters. The van der Waals surface area contributed by atoms with Gasteiger partial charge < -0.3 is 15.2 Å². The van der Waals surface area contributed by atoms with Crippen LogP contribution in [0.15, 0.2) is 16.9 Å². The van der Waals surface area contributed by atoms with Crippen molar-refractivity contribution in [2.45, 2.75) is 40.2 Å². The van der Waals surface area contributed by atoms with E-state index in [2.05, 4.69) is 39.6 Å². The predicted molar refractivity (Wildman–Crippen MR) is 78.8 cm³/mol. The van der Waals surface area contributed by atoms with E-state index < -0.39 is 0 Å². The van der Waals surface area contributed by atoms with Crippen molar-refractivity contribution in [3.8, 4) is 0 Å². The number of nitrogens with one attached hydrogen (secondary N) is 2. The number of aryl methyl sites for hydroxylation is 1. The lowest BCUT2D eigenvalue weighted by molar-refractivity contribution is 0.384. The van der Waals surface area contributed by atoms with Crippen LogP contribution in [-0.2, 0) is 13.0 Å².